The van der Waals surface area contributed by atoms with Gasteiger partial charge in [0, 0.05) is 40.7 Å². The second-order valence-electron chi connectivity index (χ2n) is 6.30. The molecule has 2 aromatic carbocycles. The molecule has 0 radical (unpaired) electrons. The van der Waals surface area contributed by atoms with Crippen LogP contribution in [0.1, 0.15) is 23.1 Å². The summed E-state index contributed by atoms with van der Waals surface area (Å²) in [6, 6.07) is 14.7. The topological polar surface area (TPSA) is 44.9 Å². The second-order valence-corrected chi connectivity index (χ2v) is 7.47. The number of fused-ring (bicyclic) bond motifs is 1. The largest absolute Gasteiger partial charge is 0.361 e. The van der Waals surface area contributed by atoms with Crippen molar-refractivity contribution in [1.82, 2.24) is 10.3 Å². The van der Waals surface area contributed by atoms with Crippen molar-refractivity contribution in [3.8, 4) is 0 Å². The van der Waals surface area contributed by atoms with Crippen LogP contribution in [0, 0.1) is 13.8 Å². The number of carbonyl (C=O) groups is 1. The molecule has 0 bridgehead atoms. The SMILES string of the molecule is Cc1ccc(SCCNC(=O)CCc2c[nH]c3ccccc23)cc1C. The zero-order valence-electron chi connectivity index (χ0n) is 14.8. The highest BCUT2D eigenvalue weighted by molar-refractivity contribution is 7.99. The van der Waals surface area contributed by atoms with Gasteiger partial charge in [0.2, 0.25) is 5.91 Å². The van der Waals surface area contributed by atoms with Gasteiger partial charge in [0.25, 0.3) is 0 Å². The molecule has 0 aliphatic carbocycles. The fraction of sp³-hybridized carbons (Fsp3) is 0.286. The van der Waals surface area contributed by atoms with Crippen LogP contribution in [0.2, 0.25) is 0 Å². The van der Waals surface area contributed by atoms with Gasteiger partial charge in [0.1, 0.15) is 0 Å². The molecule has 1 amide bonds. The van der Waals surface area contributed by atoms with E-state index in [0.717, 1.165) is 17.7 Å². The van der Waals surface area contributed by atoms with Crippen molar-refractivity contribution in [2.75, 3.05) is 12.3 Å². The molecule has 0 aliphatic rings. The number of rotatable bonds is 7. The van der Waals surface area contributed by atoms with Crippen LogP contribution in [0.5, 0.6) is 0 Å². The Morgan fingerprint density at radius 3 is 2.80 bits per heavy atom. The molecule has 3 rings (SSSR count). The standard InChI is InChI=1S/C21H24N2OS/c1-15-7-9-18(13-16(15)2)25-12-11-22-21(24)10-8-17-14-23-20-6-4-3-5-19(17)20/h3-7,9,13-14,23H,8,10-12H2,1-2H3,(H,22,24). The Hall–Kier alpha value is -2.20. The van der Waals surface area contributed by atoms with Gasteiger partial charge in [-0.3, -0.25) is 4.79 Å². The van der Waals surface area contributed by atoms with Gasteiger partial charge in [-0.15, -0.1) is 11.8 Å². The summed E-state index contributed by atoms with van der Waals surface area (Å²) in [5.41, 5.74) is 4.96. The van der Waals surface area contributed by atoms with E-state index in [-0.39, 0.29) is 5.91 Å². The molecular weight excluding hydrogens is 328 g/mol. The monoisotopic (exact) mass is 352 g/mol. The molecule has 0 spiro atoms. The Morgan fingerprint density at radius 2 is 1.96 bits per heavy atom. The number of hydrogen-bond donors (Lipinski definition) is 2. The van der Waals surface area contributed by atoms with Gasteiger partial charge in [-0.2, -0.15) is 0 Å². The lowest BCUT2D eigenvalue weighted by atomic mass is 10.1. The third-order valence-corrected chi connectivity index (χ3v) is 5.46. The zero-order valence-corrected chi connectivity index (χ0v) is 15.6. The molecule has 1 aromatic heterocycles. The number of nitrogens with one attached hydrogen (secondary N) is 2. The molecule has 0 unspecified atom stereocenters. The highest BCUT2D eigenvalue weighted by Gasteiger charge is 2.06. The van der Waals surface area contributed by atoms with E-state index in [2.05, 4.69) is 54.5 Å². The van der Waals surface area contributed by atoms with E-state index in [1.54, 1.807) is 11.8 Å². The van der Waals surface area contributed by atoms with Crippen molar-refractivity contribution in [3.05, 3.63) is 65.4 Å². The number of amides is 1. The van der Waals surface area contributed by atoms with Crippen LogP contribution in [0.25, 0.3) is 10.9 Å². The van der Waals surface area contributed by atoms with Crippen molar-refractivity contribution in [2.24, 2.45) is 0 Å². The smallest absolute Gasteiger partial charge is 0.220 e. The minimum atomic E-state index is 0.117. The number of hydrogen-bond acceptors (Lipinski definition) is 2. The first-order valence-corrected chi connectivity index (χ1v) is 9.64. The van der Waals surface area contributed by atoms with Crippen molar-refractivity contribution in [3.63, 3.8) is 0 Å². The van der Waals surface area contributed by atoms with E-state index in [4.69, 9.17) is 0 Å². The normalized spacial score (nSPS) is 11.0. The predicted molar refractivity (Wildman–Crippen MR) is 106 cm³/mol. The molecule has 0 saturated carbocycles. The van der Waals surface area contributed by atoms with Gasteiger partial charge in [-0.25, -0.2) is 0 Å². The predicted octanol–water partition coefficient (Wildman–Crippen LogP) is 4.63. The minimum absolute atomic E-state index is 0.117. The van der Waals surface area contributed by atoms with Crippen molar-refractivity contribution >= 4 is 28.6 Å². The van der Waals surface area contributed by atoms with E-state index in [1.807, 2.05) is 18.3 Å². The Labute approximate surface area is 153 Å². The summed E-state index contributed by atoms with van der Waals surface area (Å²) < 4.78 is 0. The fourth-order valence-electron chi connectivity index (χ4n) is 2.84. The highest BCUT2D eigenvalue weighted by Crippen LogP contribution is 2.21. The first-order valence-electron chi connectivity index (χ1n) is 8.65. The van der Waals surface area contributed by atoms with Gasteiger partial charge in [0.05, 0.1) is 0 Å². The molecule has 3 nitrogen and oxygen atoms in total. The molecule has 0 saturated heterocycles. The summed E-state index contributed by atoms with van der Waals surface area (Å²) in [6.45, 7) is 4.95. The van der Waals surface area contributed by atoms with E-state index in [1.165, 1.54) is 27.0 Å². The number of aryl methyl sites for hydroxylation is 3. The van der Waals surface area contributed by atoms with Crippen LogP contribution < -0.4 is 5.32 Å². The number of H-pyrrole nitrogens is 1. The number of aromatic nitrogens is 1. The maximum Gasteiger partial charge on any atom is 0.220 e. The number of aromatic amines is 1. The maximum absolute atomic E-state index is 12.1. The first-order chi connectivity index (χ1) is 12.1. The summed E-state index contributed by atoms with van der Waals surface area (Å²) in [4.78, 5) is 16.6. The third kappa shape index (κ3) is 4.67. The minimum Gasteiger partial charge on any atom is -0.361 e. The lowest BCUT2D eigenvalue weighted by Gasteiger charge is -2.07. The molecule has 2 N–H and O–H groups in total. The third-order valence-electron chi connectivity index (χ3n) is 4.47. The molecular formula is C21H24N2OS. The number of thioether (sulfide) groups is 1. The van der Waals surface area contributed by atoms with Crippen LogP contribution in [0.4, 0.5) is 0 Å². The Kier molecular flexibility index (Phi) is 5.82. The van der Waals surface area contributed by atoms with Crippen LogP contribution in [0.15, 0.2) is 53.6 Å². The van der Waals surface area contributed by atoms with E-state index in [0.29, 0.717) is 13.0 Å². The summed E-state index contributed by atoms with van der Waals surface area (Å²) in [6.07, 6.45) is 3.30. The van der Waals surface area contributed by atoms with Crippen LogP contribution in [-0.4, -0.2) is 23.2 Å². The lowest BCUT2D eigenvalue weighted by Crippen LogP contribution is -2.25. The van der Waals surface area contributed by atoms with Gasteiger partial charge in [-0.05, 0) is 55.2 Å². The molecule has 130 valence electrons. The average molecular weight is 353 g/mol. The lowest BCUT2D eigenvalue weighted by molar-refractivity contribution is -0.120. The molecule has 25 heavy (non-hydrogen) atoms. The van der Waals surface area contributed by atoms with Gasteiger partial charge < -0.3 is 10.3 Å². The quantitative estimate of drug-likeness (QED) is 0.481. The van der Waals surface area contributed by atoms with Crippen molar-refractivity contribution in [1.29, 1.82) is 0 Å². The Bertz CT molecular complexity index is 869. The van der Waals surface area contributed by atoms with E-state index in [9.17, 15) is 4.79 Å². The van der Waals surface area contributed by atoms with Crippen LogP contribution >= 0.6 is 11.8 Å². The van der Waals surface area contributed by atoms with E-state index < -0.39 is 0 Å². The van der Waals surface area contributed by atoms with Crippen molar-refractivity contribution in [2.45, 2.75) is 31.6 Å². The van der Waals surface area contributed by atoms with Crippen LogP contribution in [-0.2, 0) is 11.2 Å². The first kappa shape index (κ1) is 17.6. The molecule has 4 heteroatoms. The molecule has 1 heterocycles. The summed E-state index contributed by atoms with van der Waals surface area (Å²) >= 11 is 1.78. The number of carbonyl (C=O) groups excluding carboxylic acids is 1. The van der Waals surface area contributed by atoms with E-state index >= 15 is 0 Å². The number of para-hydroxylation sites is 1. The summed E-state index contributed by atoms with van der Waals surface area (Å²) in [5.74, 6) is 1.01. The van der Waals surface area contributed by atoms with Gasteiger partial charge in [0.15, 0.2) is 0 Å². The zero-order chi connectivity index (χ0) is 17.6. The molecule has 0 aliphatic heterocycles. The summed E-state index contributed by atoms with van der Waals surface area (Å²) in [7, 11) is 0. The Balaban J connectivity index is 1.40. The molecule has 0 fully saturated rings. The van der Waals surface area contributed by atoms with Crippen molar-refractivity contribution < 1.29 is 4.79 Å². The fourth-order valence-corrected chi connectivity index (χ4v) is 3.70. The highest BCUT2D eigenvalue weighted by atomic mass is 32.2. The van der Waals surface area contributed by atoms with Crippen LogP contribution in [0.3, 0.4) is 0 Å². The summed E-state index contributed by atoms with van der Waals surface area (Å²) in [5, 5.41) is 4.23. The number of benzene rings is 2. The maximum atomic E-state index is 12.1. The van der Waals surface area contributed by atoms with Gasteiger partial charge >= 0.3 is 0 Å². The Morgan fingerprint density at radius 1 is 1.12 bits per heavy atom. The molecule has 3 aromatic rings. The average Bonchev–Trinajstić information content (AvgIpc) is 3.03. The second kappa shape index (κ2) is 8.26. The van der Waals surface area contributed by atoms with Gasteiger partial charge in [-0.1, -0.05) is 24.3 Å². The molecule has 0 atom stereocenters.